The van der Waals surface area contributed by atoms with E-state index in [9.17, 15) is 13.2 Å². The summed E-state index contributed by atoms with van der Waals surface area (Å²) in [6.07, 6.45) is 2.78. The molecule has 7 nitrogen and oxygen atoms in total. The lowest BCUT2D eigenvalue weighted by molar-refractivity contribution is -0.0498. The van der Waals surface area contributed by atoms with Gasteiger partial charge in [0, 0.05) is 24.7 Å². The molecule has 1 fully saturated rings. The monoisotopic (exact) mass is 445 g/mol. The molecular weight excluding hydrogens is 423 g/mol. The summed E-state index contributed by atoms with van der Waals surface area (Å²) in [4.78, 5) is 6.27. The van der Waals surface area contributed by atoms with Gasteiger partial charge in [0.15, 0.2) is 11.6 Å². The van der Waals surface area contributed by atoms with Crippen molar-refractivity contribution in [2.24, 2.45) is 0 Å². The Hall–Kier alpha value is -3.40. The zero-order chi connectivity index (χ0) is 22.7. The minimum absolute atomic E-state index is 0.0436. The normalized spacial score (nSPS) is 18.6. The van der Waals surface area contributed by atoms with E-state index in [1.165, 1.54) is 24.5 Å². The average molecular weight is 445 g/mol. The van der Waals surface area contributed by atoms with Gasteiger partial charge in [0.25, 0.3) is 0 Å². The van der Waals surface area contributed by atoms with Crippen LogP contribution in [-0.4, -0.2) is 47.1 Å². The average Bonchev–Trinajstić information content (AvgIpc) is 2.75. The quantitative estimate of drug-likeness (QED) is 0.593. The molecule has 2 aromatic heterocycles. The van der Waals surface area contributed by atoms with E-state index < -0.39 is 12.4 Å². The first-order valence-corrected chi connectivity index (χ1v) is 10.1. The number of rotatable bonds is 6. The molecule has 1 aliphatic heterocycles. The molecule has 0 radical (unpaired) electrons. The number of hydrogen-bond acceptors (Lipinski definition) is 7. The molecule has 0 unspecified atom stereocenters. The summed E-state index contributed by atoms with van der Waals surface area (Å²) in [5.74, 6) is 0.496. The van der Waals surface area contributed by atoms with Crippen molar-refractivity contribution in [1.82, 2.24) is 15.2 Å². The van der Waals surface area contributed by atoms with Crippen molar-refractivity contribution in [3.63, 3.8) is 0 Å². The molecule has 4 rings (SSSR count). The fourth-order valence-corrected chi connectivity index (χ4v) is 3.61. The van der Waals surface area contributed by atoms with Gasteiger partial charge < -0.3 is 19.7 Å². The Kier molecular flexibility index (Phi) is 6.40. The second kappa shape index (κ2) is 9.39. The zero-order valence-electron chi connectivity index (χ0n) is 17.5. The Balaban J connectivity index is 1.53. The van der Waals surface area contributed by atoms with Gasteiger partial charge in [0.1, 0.15) is 11.6 Å². The van der Waals surface area contributed by atoms with E-state index >= 15 is 0 Å². The fourth-order valence-electron chi connectivity index (χ4n) is 3.61. The molecule has 168 valence electrons. The highest BCUT2D eigenvalue weighted by atomic mass is 19.3. The number of ether oxygens (including phenoxy) is 2. The third kappa shape index (κ3) is 5.25. The van der Waals surface area contributed by atoms with Crippen molar-refractivity contribution >= 4 is 17.3 Å². The van der Waals surface area contributed by atoms with Crippen LogP contribution in [0.4, 0.5) is 30.5 Å². The number of anilines is 3. The third-order valence-corrected chi connectivity index (χ3v) is 4.91. The van der Waals surface area contributed by atoms with Crippen LogP contribution in [0.3, 0.4) is 0 Å². The van der Waals surface area contributed by atoms with E-state index in [1.807, 2.05) is 13.8 Å². The smallest absolute Gasteiger partial charge is 0.387 e. The number of alkyl halides is 2. The van der Waals surface area contributed by atoms with Gasteiger partial charge in [-0.15, -0.1) is 5.10 Å². The van der Waals surface area contributed by atoms with Gasteiger partial charge in [-0.1, -0.05) is 12.1 Å². The van der Waals surface area contributed by atoms with Crippen molar-refractivity contribution in [2.75, 3.05) is 23.3 Å². The van der Waals surface area contributed by atoms with Crippen LogP contribution >= 0.6 is 0 Å². The molecular formula is C22H22F3N5O2. The lowest BCUT2D eigenvalue weighted by Crippen LogP contribution is -2.45. The van der Waals surface area contributed by atoms with Crippen molar-refractivity contribution < 1.29 is 22.6 Å². The first-order valence-electron chi connectivity index (χ1n) is 10.1. The van der Waals surface area contributed by atoms with Crippen LogP contribution in [0.2, 0.25) is 0 Å². The Morgan fingerprint density at radius 1 is 1.06 bits per heavy atom. The number of morpholine rings is 1. The molecule has 1 aliphatic rings. The van der Waals surface area contributed by atoms with E-state index in [4.69, 9.17) is 4.74 Å². The maximum atomic E-state index is 14.5. The number of nitrogens with one attached hydrogen (secondary N) is 1. The largest absolute Gasteiger partial charge is 0.435 e. The van der Waals surface area contributed by atoms with Gasteiger partial charge in [-0.25, -0.2) is 9.37 Å². The predicted octanol–water partition coefficient (Wildman–Crippen LogP) is 4.64. The molecule has 0 amide bonds. The highest BCUT2D eigenvalue weighted by Gasteiger charge is 2.24. The third-order valence-electron chi connectivity index (χ3n) is 4.91. The molecule has 1 N–H and O–H groups in total. The van der Waals surface area contributed by atoms with Crippen LogP contribution in [0.5, 0.6) is 5.75 Å². The summed E-state index contributed by atoms with van der Waals surface area (Å²) in [6.45, 7) is 2.40. The summed E-state index contributed by atoms with van der Waals surface area (Å²) in [6, 6.07) is 9.45. The molecule has 1 saturated heterocycles. The van der Waals surface area contributed by atoms with Crippen LogP contribution in [0, 0.1) is 5.82 Å². The number of nitrogens with zero attached hydrogens (tertiary/aromatic N) is 4. The van der Waals surface area contributed by atoms with Crippen molar-refractivity contribution in [2.45, 2.75) is 32.7 Å². The number of hydrogen-bond donors (Lipinski definition) is 1. The van der Waals surface area contributed by atoms with E-state index in [1.54, 1.807) is 24.3 Å². The van der Waals surface area contributed by atoms with Gasteiger partial charge in [-0.05, 0) is 37.6 Å². The Morgan fingerprint density at radius 2 is 1.78 bits per heavy atom. The summed E-state index contributed by atoms with van der Waals surface area (Å²) in [5, 5.41) is 10.9. The standard InChI is InChI=1S/C22H22F3N5O2/c1-13-11-30(12-14(2)31-13)21-8-19(18(23)10-26-21)28-20-7-16(9-27-29-20)15-3-5-17(6-4-15)32-22(24)25/h3-10,13-14,22H,11-12H2,1-2H3,(H,26,28,29)/t13-,14+. The summed E-state index contributed by atoms with van der Waals surface area (Å²) in [5.41, 5.74) is 1.61. The van der Waals surface area contributed by atoms with E-state index in [0.717, 1.165) is 5.56 Å². The van der Waals surface area contributed by atoms with Crippen LogP contribution in [0.25, 0.3) is 11.1 Å². The maximum absolute atomic E-state index is 14.5. The first-order chi connectivity index (χ1) is 15.4. The van der Waals surface area contributed by atoms with Gasteiger partial charge >= 0.3 is 6.61 Å². The van der Waals surface area contributed by atoms with Crippen molar-refractivity contribution in [3.8, 4) is 16.9 Å². The van der Waals surface area contributed by atoms with Crippen LogP contribution in [0.1, 0.15) is 13.8 Å². The van der Waals surface area contributed by atoms with Crippen LogP contribution in [0.15, 0.2) is 48.8 Å². The number of halogens is 3. The maximum Gasteiger partial charge on any atom is 0.387 e. The molecule has 3 heterocycles. The SMILES string of the molecule is C[C@@H]1CN(c2cc(Nc3cc(-c4ccc(OC(F)F)cc4)cnn3)c(F)cn2)C[C@H](C)O1. The highest BCUT2D eigenvalue weighted by molar-refractivity contribution is 5.69. The van der Waals surface area contributed by atoms with E-state index in [-0.39, 0.29) is 23.6 Å². The van der Waals surface area contributed by atoms with Crippen molar-refractivity contribution in [1.29, 1.82) is 0 Å². The number of aromatic nitrogens is 3. The first kappa shape index (κ1) is 21.8. The van der Waals surface area contributed by atoms with Gasteiger partial charge in [0.05, 0.1) is 30.3 Å². The molecule has 2 atom stereocenters. The zero-order valence-corrected chi connectivity index (χ0v) is 17.5. The van der Waals surface area contributed by atoms with E-state index in [2.05, 4.69) is 30.1 Å². The fraction of sp³-hybridized carbons (Fsp3) is 0.318. The Labute approximate surface area is 183 Å². The molecule has 0 aliphatic carbocycles. The van der Waals surface area contributed by atoms with Crippen LogP contribution < -0.4 is 15.0 Å². The molecule has 0 spiro atoms. The van der Waals surface area contributed by atoms with Gasteiger partial charge in [-0.3, -0.25) is 0 Å². The Bertz CT molecular complexity index is 1060. The van der Waals surface area contributed by atoms with Crippen LogP contribution in [-0.2, 0) is 4.74 Å². The molecule has 32 heavy (non-hydrogen) atoms. The summed E-state index contributed by atoms with van der Waals surface area (Å²) >= 11 is 0. The minimum atomic E-state index is -2.89. The minimum Gasteiger partial charge on any atom is -0.435 e. The molecule has 3 aromatic rings. The van der Waals surface area contributed by atoms with Crippen molar-refractivity contribution in [3.05, 3.63) is 54.6 Å². The predicted molar refractivity (Wildman–Crippen MR) is 114 cm³/mol. The molecule has 1 aromatic carbocycles. The lowest BCUT2D eigenvalue weighted by atomic mass is 10.1. The Morgan fingerprint density at radius 3 is 2.47 bits per heavy atom. The molecule has 10 heteroatoms. The molecule has 0 bridgehead atoms. The van der Waals surface area contributed by atoms with Gasteiger partial charge in [0.2, 0.25) is 0 Å². The second-order valence-corrected chi connectivity index (χ2v) is 7.54. The summed E-state index contributed by atoms with van der Waals surface area (Å²) in [7, 11) is 0. The topological polar surface area (TPSA) is 72.4 Å². The summed E-state index contributed by atoms with van der Waals surface area (Å²) < 4.78 is 49.2. The van der Waals surface area contributed by atoms with Gasteiger partial charge in [-0.2, -0.15) is 13.9 Å². The lowest BCUT2D eigenvalue weighted by Gasteiger charge is -2.36. The number of benzene rings is 1. The molecule has 0 saturated carbocycles. The number of pyridine rings is 1. The highest BCUT2D eigenvalue weighted by Crippen LogP contribution is 2.28. The van der Waals surface area contributed by atoms with E-state index in [0.29, 0.717) is 30.3 Å². The second-order valence-electron chi connectivity index (χ2n) is 7.54.